The molecular weight excluding hydrogens is 627 g/mol. The summed E-state index contributed by atoms with van der Waals surface area (Å²) in [5.74, 6) is 0. The van der Waals surface area contributed by atoms with Crippen LogP contribution in [0.4, 0.5) is 0 Å². The number of benzene rings is 9. The van der Waals surface area contributed by atoms with E-state index in [9.17, 15) is 0 Å². The molecule has 248 valence electrons. The molecule has 9 aromatic rings. The maximum Gasteiger partial charge on any atom is 0.0400 e. The summed E-state index contributed by atoms with van der Waals surface area (Å²) in [6.07, 6.45) is 3.24. The minimum Gasteiger partial charge on any atom is -0.381 e. The van der Waals surface area contributed by atoms with E-state index in [1.807, 2.05) is 0 Å². The van der Waals surface area contributed by atoms with Crippen molar-refractivity contribution in [1.82, 2.24) is 5.32 Å². The minimum atomic E-state index is -0.104. The fraction of sp³-hybridized carbons (Fsp3) is 0.0980. The molecule has 1 nitrogen and oxygen atoms in total. The molecule has 0 aliphatic heterocycles. The topological polar surface area (TPSA) is 12.0 Å². The van der Waals surface area contributed by atoms with Gasteiger partial charge in [-0.05, 0) is 112 Å². The second-order valence-corrected chi connectivity index (χ2v) is 14.9. The first-order valence-corrected chi connectivity index (χ1v) is 18.5. The van der Waals surface area contributed by atoms with Crippen molar-refractivity contribution in [1.29, 1.82) is 0 Å². The van der Waals surface area contributed by atoms with E-state index in [1.165, 1.54) is 98.5 Å². The molecule has 10 rings (SSSR count). The van der Waals surface area contributed by atoms with Gasteiger partial charge in [0.25, 0.3) is 0 Å². The number of hydrogen-bond donors (Lipinski definition) is 1. The summed E-state index contributed by atoms with van der Waals surface area (Å²) in [4.78, 5) is 0. The molecule has 0 saturated carbocycles. The lowest BCUT2D eigenvalue weighted by atomic mass is 9.81. The predicted octanol–water partition coefficient (Wildman–Crippen LogP) is 13.1. The van der Waals surface area contributed by atoms with Crippen molar-refractivity contribution in [2.24, 2.45) is 0 Å². The Balaban J connectivity index is 1.18. The van der Waals surface area contributed by atoms with Crippen molar-refractivity contribution in [3.63, 3.8) is 0 Å². The first-order valence-electron chi connectivity index (χ1n) is 18.5. The Bertz CT molecular complexity index is 2890. The fourth-order valence-corrected chi connectivity index (χ4v) is 8.99. The summed E-state index contributed by atoms with van der Waals surface area (Å²) in [5.41, 5.74) is 10.4. The van der Waals surface area contributed by atoms with E-state index in [-0.39, 0.29) is 5.41 Å². The highest BCUT2D eigenvalue weighted by atomic mass is 14.9. The second-order valence-electron chi connectivity index (χ2n) is 14.9. The highest BCUT2D eigenvalue weighted by Gasteiger charge is 2.37. The molecule has 0 bridgehead atoms. The van der Waals surface area contributed by atoms with Gasteiger partial charge in [-0.25, -0.2) is 0 Å². The van der Waals surface area contributed by atoms with Crippen LogP contribution in [-0.4, -0.2) is 0 Å². The molecular formula is C51H39N. The normalized spacial score (nSPS) is 13.6. The minimum absolute atomic E-state index is 0.104. The van der Waals surface area contributed by atoms with Crippen LogP contribution in [0.3, 0.4) is 0 Å². The zero-order valence-corrected chi connectivity index (χ0v) is 29.6. The second kappa shape index (κ2) is 12.0. The number of fused-ring (bicyclic) bond motifs is 12. The summed E-state index contributed by atoms with van der Waals surface area (Å²) in [7, 11) is 0. The molecule has 1 N–H and O–H groups in total. The van der Waals surface area contributed by atoms with Crippen LogP contribution in [0, 0.1) is 0 Å². The molecule has 0 atom stereocenters. The van der Waals surface area contributed by atoms with E-state index in [0.29, 0.717) is 0 Å². The monoisotopic (exact) mass is 665 g/mol. The number of hydrogen-bond acceptors (Lipinski definition) is 1. The Morgan fingerprint density at radius 1 is 0.519 bits per heavy atom. The molecule has 9 aromatic carbocycles. The Morgan fingerprint density at radius 3 is 1.83 bits per heavy atom. The molecule has 0 spiro atoms. The first-order chi connectivity index (χ1) is 25.6. The van der Waals surface area contributed by atoms with Gasteiger partial charge < -0.3 is 5.32 Å². The third-order valence-corrected chi connectivity index (χ3v) is 11.5. The molecule has 0 amide bonds. The van der Waals surface area contributed by atoms with Crippen molar-refractivity contribution >= 4 is 59.6 Å². The maximum absolute atomic E-state index is 3.95. The van der Waals surface area contributed by atoms with Crippen molar-refractivity contribution < 1.29 is 0 Å². The highest BCUT2D eigenvalue weighted by Crippen LogP contribution is 2.52. The van der Waals surface area contributed by atoms with Crippen LogP contribution in [0.15, 0.2) is 170 Å². The van der Waals surface area contributed by atoms with Crippen molar-refractivity contribution in [2.75, 3.05) is 0 Å². The lowest BCUT2D eigenvalue weighted by Crippen LogP contribution is -2.16. The van der Waals surface area contributed by atoms with E-state index in [0.717, 1.165) is 13.0 Å². The van der Waals surface area contributed by atoms with Crippen LogP contribution < -0.4 is 5.32 Å². The lowest BCUT2D eigenvalue weighted by Gasteiger charge is -2.22. The van der Waals surface area contributed by atoms with E-state index >= 15 is 0 Å². The van der Waals surface area contributed by atoms with Crippen molar-refractivity contribution in [3.8, 4) is 11.1 Å². The molecule has 0 heterocycles. The Morgan fingerprint density at radius 2 is 1.10 bits per heavy atom. The quantitative estimate of drug-likeness (QED) is 0.174. The van der Waals surface area contributed by atoms with Crippen LogP contribution in [0.2, 0.25) is 0 Å². The van der Waals surface area contributed by atoms with Crippen molar-refractivity contribution in [2.45, 2.75) is 32.2 Å². The molecule has 0 fully saturated rings. The van der Waals surface area contributed by atoms with Crippen LogP contribution in [0.25, 0.3) is 70.7 Å². The van der Waals surface area contributed by atoms with E-state index in [4.69, 9.17) is 0 Å². The summed E-state index contributed by atoms with van der Waals surface area (Å²) in [5, 5.41) is 17.0. The van der Waals surface area contributed by atoms with E-state index in [2.05, 4.69) is 189 Å². The SMILES string of the molecule is CC1(C)c2cc3ccccc3cc2-c2c(/C(=C/Cc3cc4c5ccccc5c5ccccc5c4c4ccccc34)NCc3ccccc3)cccc21. The van der Waals surface area contributed by atoms with Gasteiger partial charge in [-0.15, -0.1) is 0 Å². The lowest BCUT2D eigenvalue weighted by molar-refractivity contribution is 0.661. The van der Waals surface area contributed by atoms with Gasteiger partial charge in [0, 0.05) is 23.2 Å². The molecule has 0 saturated heterocycles. The van der Waals surface area contributed by atoms with Gasteiger partial charge in [-0.2, -0.15) is 0 Å². The average Bonchev–Trinajstić information content (AvgIpc) is 3.42. The predicted molar refractivity (Wildman–Crippen MR) is 223 cm³/mol. The van der Waals surface area contributed by atoms with Crippen LogP contribution in [0.5, 0.6) is 0 Å². The maximum atomic E-state index is 3.95. The summed E-state index contributed by atoms with van der Waals surface area (Å²) >= 11 is 0. The van der Waals surface area contributed by atoms with Gasteiger partial charge in [-0.3, -0.25) is 0 Å². The standard InChI is InChI=1S/C51H39N/c1-51(2)46-26-14-25-43(50(46)45-29-34-17-6-7-18-35(34)31-47(45)51)48(52-32-33-15-4-3-5-16-33)28-27-36-30-44-40-22-10-9-20-38(40)39-21-11-13-24-42(39)49(44)41-23-12-8-19-37(36)41/h3-26,28-31,52H,27,32H2,1-2H3/b48-28-. The average molecular weight is 666 g/mol. The first kappa shape index (κ1) is 30.6. The van der Waals surface area contributed by atoms with Gasteiger partial charge in [0.05, 0.1) is 0 Å². The summed E-state index contributed by atoms with van der Waals surface area (Å²) in [6, 6.07) is 60.5. The summed E-state index contributed by atoms with van der Waals surface area (Å²) in [6.45, 7) is 5.51. The largest absolute Gasteiger partial charge is 0.381 e. The summed E-state index contributed by atoms with van der Waals surface area (Å²) < 4.78 is 0. The third-order valence-electron chi connectivity index (χ3n) is 11.5. The van der Waals surface area contributed by atoms with Gasteiger partial charge in [0.1, 0.15) is 0 Å². The van der Waals surface area contributed by atoms with Crippen LogP contribution in [0.1, 0.15) is 41.7 Å². The van der Waals surface area contributed by atoms with Gasteiger partial charge in [-0.1, -0.05) is 166 Å². The molecule has 0 aromatic heterocycles. The Kier molecular flexibility index (Phi) is 7.05. The zero-order valence-electron chi connectivity index (χ0n) is 29.6. The molecule has 1 heteroatoms. The van der Waals surface area contributed by atoms with Crippen molar-refractivity contribution in [3.05, 3.63) is 198 Å². The van der Waals surface area contributed by atoms with Gasteiger partial charge in [0.2, 0.25) is 0 Å². The molecule has 52 heavy (non-hydrogen) atoms. The Hall–Kier alpha value is -6.18. The number of allylic oxidation sites excluding steroid dienone is 1. The molecule has 0 radical (unpaired) electrons. The number of rotatable bonds is 6. The smallest absolute Gasteiger partial charge is 0.0400 e. The highest BCUT2D eigenvalue weighted by molar-refractivity contribution is 6.31. The third kappa shape index (κ3) is 4.77. The zero-order chi connectivity index (χ0) is 34.8. The van der Waals surface area contributed by atoms with E-state index < -0.39 is 0 Å². The van der Waals surface area contributed by atoms with E-state index in [1.54, 1.807) is 0 Å². The van der Waals surface area contributed by atoms with Crippen LogP contribution >= 0.6 is 0 Å². The molecule has 1 aliphatic rings. The van der Waals surface area contributed by atoms with Crippen LogP contribution in [-0.2, 0) is 18.4 Å². The number of nitrogens with one attached hydrogen (secondary N) is 1. The molecule has 1 aliphatic carbocycles. The fourth-order valence-electron chi connectivity index (χ4n) is 8.99. The molecule has 0 unspecified atom stereocenters. The van der Waals surface area contributed by atoms with Gasteiger partial charge in [0.15, 0.2) is 0 Å². The van der Waals surface area contributed by atoms with Gasteiger partial charge >= 0.3 is 0 Å². The Labute approximate surface area is 304 Å².